The molecule has 1 aromatic heterocycles. The van der Waals surface area contributed by atoms with Crippen molar-refractivity contribution < 1.29 is 8.42 Å². The van der Waals surface area contributed by atoms with Crippen molar-refractivity contribution in [1.82, 2.24) is 13.9 Å². The van der Waals surface area contributed by atoms with Crippen LogP contribution in [-0.2, 0) is 17.1 Å². The summed E-state index contributed by atoms with van der Waals surface area (Å²) in [6.45, 7) is 1.88. The highest BCUT2D eigenvalue weighted by Crippen LogP contribution is 2.40. The zero-order chi connectivity index (χ0) is 15.9. The maximum absolute atomic E-state index is 13.0. The molecule has 1 aliphatic carbocycles. The molecule has 0 spiro atoms. The van der Waals surface area contributed by atoms with E-state index in [1.165, 1.54) is 12.5 Å². The molecule has 1 atom stereocenters. The lowest BCUT2D eigenvalue weighted by molar-refractivity contribution is 0.333. The molecular formula is C15H18ClN3O2S. The highest BCUT2D eigenvalue weighted by Gasteiger charge is 2.42. The molecule has 5 nitrogen and oxygen atoms in total. The Bertz CT molecular complexity index is 784. The van der Waals surface area contributed by atoms with E-state index in [1.54, 1.807) is 22.0 Å². The molecule has 0 aliphatic heterocycles. The Balaban J connectivity index is 2.02. The van der Waals surface area contributed by atoms with Crippen molar-refractivity contribution in [2.24, 2.45) is 7.05 Å². The number of sulfonamides is 1. The van der Waals surface area contributed by atoms with Crippen molar-refractivity contribution in [3.05, 3.63) is 47.4 Å². The van der Waals surface area contributed by atoms with E-state index in [2.05, 4.69) is 4.98 Å². The van der Waals surface area contributed by atoms with Crippen LogP contribution in [0.15, 0.2) is 41.8 Å². The van der Waals surface area contributed by atoms with Crippen molar-refractivity contribution >= 4 is 21.6 Å². The molecule has 1 aliphatic rings. The molecule has 0 saturated heterocycles. The van der Waals surface area contributed by atoms with E-state index in [4.69, 9.17) is 11.6 Å². The van der Waals surface area contributed by atoms with E-state index >= 15 is 0 Å². The predicted molar refractivity (Wildman–Crippen MR) is 85.1 cm³/mol. The topological polar surface area (TPSA) is 55.2 Å². The Morgan fingerprint density at radius 1 is 1.36 bits per heavy atom. The Labute approximate surface area is 135 Å². The Hall–Kier alpha value is -1.37. The molecule has 1 heterocycles. The highest BCUT2D eigenvalue weighted by atomic mass is 35.5. The van der Waals surface area contributed by atoms with Crippen LogP contribution in [0.2, 0.25) is 5.02 Å². The van der Waals surface area contributed by atoms with Crippen LogP contribution < -0.4 is 0 Å². The minimum atomic E-state index is -3.64. The lowest BCUT2D eigenvalue weighted by Crippen LogP contribution is -2.36. The van der Waals surface area contributed by atoms with Crippen molar-refractivity contribution in [2.75, 3.05) is 0 Å². The number of hydrogen-bond donors (Lipinski definition) is 0. The molecule has 3 rings (SSSR count). The van der Waals surface area contributed by atoms with Crippen LogP contribution in [0.1, 0.15) is 31.4 Å². The normalized spacial score (nSPS) is 16.9. The summed E-state index contributed by atoms with van der Waals surface area (Å²) in [5.41, 5.74) is 0.815. The molecule has 0 radical (unpaired) electrons. The first-order valence-electron chi connectivity index (χ1n) is 7.17. The number of halogens is 1. The molecule has 118 valence electrons. The van der Waals surface area contributed by atoms with E-state index in [9.17, 15) is 8.42 Å². The van der Waals surface area contributed by atoms with Gasteiger partial charge in [-0.3, -0.25) is 0 Å². The van der Waals surface area contributed by atoms with Gasteiger partial charge in [0.25, 0.3) is 10.0 Å². The predicted octanol–water partition coefficient (Wildman–Crippen LogP) is 2.99. The third-order valence-corrected chi connectivity index (χ3v) is 6.12. The molecule has 1 aromatic carbocycles. The van der Waals surface area contributed by atoms with Crippen LogP contribution in [0, 0.1) is 0 Å². The van der Waals surface area contributed by atoms with Crippen LogP contribution in [0.4, 0.5) is 0 Å². The smallest absolute Gasteiger partial charge is 0.262 e. The summed E-state index contributed by atoms with van der Waals surface area (Å²) >= 11 is 6.25. The summed E-state index contributed by atoms with van der Waals surface area (Å²) in [6, 6.07) is 7.07. The summed E-state index contributed by atoms with van der Waals surface area (Å²) < 4.78 is 29.1. The van der Waals surface area contributed by atoms with Gasteiger partial charge >= 0.3 is 0 Å². The monoisotopic (exact) mass is 339 g/mol. The summed E-state index contributed by atoms with van der Waals surface area (Å²) in [5, 5.41) is 0.665. The van der Waals surface area contributed by atoms with Gasteiger partial charge in [0.1, 0.15) is 0 Å². The fraction of sp³-hybridized carbons (Fsp3) is 0.400. The first-order valence-corrected chi connectivity index (χ1v) is 8.99. The van der Waals surface area contributed by atoms with Gasteiger partial charge in [0.05, 0.1) is 6.33 Å². The van der Waals surface area contributed by atoms with Gasteiger partial charge in [-0.2, -0.15) is 4.31 Å². The highest BCUT2D eigenvalue weighted by molar-refractivity contribution is 7.89. The van der Waals surface area contributed by atoms with Gasteiger partial charge in [-0.15, -0.1) is 0 Å². The van der Waals surface area contributed by atoms with Crippen molar-refractivity contribution in [3.8, 4) is 0 Å². The second-order valence-electron chi connectivity index (χ2n) is 5.64. The molecule has 0 N–H and O–H groups in total. The van der Waals surface area contributed by atoms with Crippen LogP contribution >= 0.6 is 11.6 Å². The minimum absolute atomic E-state index is 0.0262. The summed E-state index contributed by atoms with van der Waals surface area (Å²) in [7, 11) is -1.88. The van der Waals surface area contributed by atoms with E-state index in [-0.39, 0.29) is 17.1 Å². The third kappa shape index (κ3) is 2.78. The van der Waals surface area contributed by atoms with Crippen molar-refractivity contribution in [3.63, 3.8) is 0 Å². The van der Waals surface area contributed by atoms with Crippen LogP contribution in [0.3, 0.4) is 0 Å². The second kappa shape index (κ2) is 5.68. The van der Waals surface area contributed by atoms with Crippen LogP contribution in [0.25, 0.3) is 0 Å². The number of imidazole rings is 1. The molecule has 0 bridgehead atoms. The molecular weight excluding hydrogens is 322 g/mol. The van der Waals surface area contributed by atoms with Gasteiger partial charge < -0.3 is 4.57 Å². The average molecular weight is 340 g/mol. The minimum Gasteiger partial charge on any atom is -0.339 e. The zero-order valence-corrected chi connectivity index (χ0v) is 14.0. The fourth-order valence-electron chi connectivity index (χ4n) is 2.63. The summed E-state index contributed by atoms with van der Waals surface area (Å²) in [4.78, 5) is 4.02. The zero-order valence-electron chi connectivity index (χ0n) is 12.5. The molecule has 22 heavy (non-hydrogen) atoms. The molecule has 0 amide bonds. The number of benzene rings is 1. The lowest BCUT2D eigenvalue weighted by atomic mass is 10.1. The molecule has 1 fully saturated rings. The maximum Gasteiger partial charge on any atom is 0.262 e. The number of aryl methyl sites for hydroxylation is 1. The number of hydrogen-bond acceptors (Lipinski definition) is 3. The lowest BCUT2D eigenvalue weighted by Gasteiger charge is -2.28. The Morgan fingerprint density at radius 3 is 2.59 bits per heavy atom. The first kappa shape index (κ1) is 15.5. The van der Waals surface area contributed by atoms with Crippen LogP contribution in [0.5, 0.6) is 0 Å². The van der Waals surface area contributed by atoms with Crippen molar-refractivity contribution in [1.29, 1.82) is 0 Å². The number of aromatic nitrogens is 2. The van der Waals surface area contributed by atoms with Crippen molar-refractivity contribution in [2.45, 2.75) is 36.9 Å². The van der Waals surface area contributed by atoms with E-state index in [0.717, 1.165) is 18.4 Å². The van der Waals surface area contributed by atoms with Gasteiger partial charge in [-0.05, 0) is 31.4 Å². The van der Waals surface area contributed by atoms with Crippen LogP contribution in [-0.4, -0.2) is 28.3 Å². The van der Waals surface area contributed by atoms with Gasteiger partial charge in [-0.1, -0.05) is 29.8 Å². The molecule has 1 saturated carbocycles. The van der Waals surface area contributed by atoms with Gasteiger partial charge in [0, 0.05) is 30.4 Å². The number of nitrogens with zero attached hydrogens (tertiary/aromatic N) is 3. The third-order valence-electron chi connectivity index (χ3n) is 3.87. The molecule has 7 heteroatoms. The largest absolute Gasteiger partial charge is 0.339 e. The average Bonchev–Trinajstić information content (AvgIpc) is 3.18. The first-order chi connectivity index (χ1) is 10.4. The number of rotatable bonds is 5. The Kier molecular flexibility index (Phi) is 4.01. The SMILES string of the molecule is CC(c1ccccc1Cl)N(C1CC1)S(=O)(=O)c1cn(C)cn1. The van der Waals surface area contributed by atoms with E-state index in [1.807, 2.05) is 25.1 Å². The van der Waals surface area contributed by atoms with Gasteiger partial charge in [-0.25, -0.2) is 13.4 Å². The van der Waals surface area contributed by atoms with E-state index < -0.39 is 10.0 Å². The molecule has 1 unspecified atom stereocenters. The second-order valence-corrected chi connectivity index (χ2v) is 7.84. The summed E-state index contributed by atoms with van der Waals surface area (Å²) in [5.74, 6) is 0. The maximum atomic E-state index is 13.0. The quantitative estimate of drug-likeness (QED) is 0.841. The summed E-state index contributed by atoms with van der Waals surface area (Å²) in [6.07, 6.45) is 4.78. The molecule has 2 aromatic rings. The fourth-order valence-corrected chi connectivity index (χ4v) is 4.75. The Morgan fingerprint density at radius 2 is 2.05 bits per heavy atom. The van der Waals surface area contributed by atoms with E-state index in [0.29, 0.717) is 5.02 Å². The van der Waals surface area contributed by atoms with Gasteiger partial charge in [0.2, 0.25) is 0 Å². The van der Waals surface area contributed by atoms with Gasteiger partial charge in [0.15, 0.2) is 5.03 Å². The standard InChI is InChI=1S/C15H18ClN3O2S/c1-11(13-5-3-4-6-14(13)16)19(12-7-8-12)22(20,21)15-9-18(2)10-17-15/h3-6,9-12H,7-8H2,1-2H3.